The van der Waals surface area contributed by atoms with Crippen LogP contribution in [-0.2, 0) is 0 Å². The Bertz CT molecular complexity index is 851. The third-order valence-corrected chi connectivity index (χ3v) is 3.19. The second-order valence-electron chi connectivity index (χ2n) is 4.80. The Hall–Kier alpha value is -3.03. The van der Waals surface area contributed by atoms with Crippen LogP contribution in [0.4, 0.5) is 24.7 Å². The topological polar surface area (TPSA) is 56.3 Å². The molecule has 8 heteroatoms. The number of halogens is 3. The minimum absolute atomic E-state index is 0.287. The molecule has 3 rings (SSSR count). The van der Waals surface area contributed by atoms with Crippen molar-refractivity contribution in [2.45, 2.75) is 6.36 Å². The number of alkyl halides is 3. The Morgan fingerprint density at radius 3 is 2.33 bits per heavy atom. The van der Waals surface area contributed by atoms with Gasteiger partial charge < -0.3 is 14.8 Å². The van der Waals surface area contributed by atoms with Gasteiger partial charge >= 0.3 is 6.36 Å². The van der Waals surface area contributed by atoms with Crippen molar-refractivity contribution in [2.24, 2.45) is 0 Å². The molecule has 0 saturated carbocycles. The van der Waals surface area contributed by atoms with E-state index in [0.717, 1.165) is 5.39 Å². The van der Waals surface area contributed by atoms with Crippen molar-refractivity contribution >= 4 is 22.4 Å². The normalized spacial score (nSPS) is 11.3. The lowest BCUT2D eigenvalue weighted by atomic mass is 10.2. The lowest BCUT2D eigenvalue weighted by molar-refractivity contribution is -0.274. The quantitative estimate of drug-likeness (QED) is 0.771. The lowest BCUT2D eigenvalue weighted by Crippen LogP contribution is -2.16. The molecule has 0 unspecified atom stereocenters. The lowest BCUT2D eigenvalue weighted by Gasteiger charge is -2.11. The summed E-state index contributed by atoms with van der Waals surface area (Å²) in [6.07, 6.45) is -3.32. The zero-order chi connectivity index (χ0) is 17.2. The van der Waals surface area contributed by atoms with Crippen LogP contribution in [0.2, 0.25) is 0 Å². The Morgan fingerprint density at radius 1 is 0.958 bits per heavy atom. The summed E-state index contributed by atoms with van der Waals surface area (Å²) in [5.41, 5.74) is 1.25. The highest BCUT2D eigenvalue weighted by molar-refractivity contribution is 5.91. The maximum absolute atomic E-state index is 12.2. The van der Waals surface area contributed by atoms with Gasteiger partial charge in [0.15, 0.2) is 0 Å². The van der Waals surface area contributed by atoms with E-state index in [1.807, 2.05) is 0 Å². The number of hydrogen-bond acceptors (Lipinski definition) is 5. The molecule has 0 aliphatic rings. The van der Waals surface area contributed by atoms with Gasteiger partial charge in [0.25, 0.3) is 0 Å². The van der Waals surface area contributed by atoms with Crippen molar-refractivity contribution < 1.29 is 22.6 Å². The average Bonchev–Trinajstić information content (AvgIpc) is 2.55. The van der Waals surface area contributed by atoms with E-state index in [4.69, 9.17) is 4.74 Å². The number of hydrogen-bond donors (Lipinski definition) is 1. The molecule has 0 bridgehead atoms. The molecule has 124 valence electrons. The Kier molecular flexibility index (Phi) is 4.11. The predicted octanol–water partition coefficient (Wildman–Crippen LogP) is 4.28. The maximum atomic E-state index is 12.2. The third-order valence-electron chi connectivity index (χ3n) is 3.19. The number of nitrogens with one attached hydrogen (secondary N) is 1. The fourth-order valence-electron chi connectivity index (χ4n) is 2.14. The summed E-state index contributed by atoms with van der Waals surface area (Å²) >= 11 is 0. The second kappa shape index (κ2) is 6.23. The SMILES string of the molecule is COc1ccc2c(Nc3ccc(OC(F)(F)F)cc3)ncnc2c1. The molecule has 0 atom stereocenters. The molecule has 3 aromatic rings. The summed E-state index contributed by atoms with van der Waals surface area (Å²) in [6.45, 7) is 0. The molecule has 0 amide bonds. The smallest absolute Gasteiger partial charge is 0.497 e. The number of ether oxygens (including phenoxy) is 2. The van der Waals surface area contributed by atoms with Crippen LogP contribution >= 0.6 is 0 Å². The minimum atomic E-state index is -4.71. The predicted molar refractivity (Wildman–Crippen MR) is 82.5 cm³/mol. The van der Waals surface area contributed by atoms with E-state index in [2.05, 4.69) is 20.0 Å². The highest BCUT2D eigenvalue weighted by Gasteiger charge is 2.30. The van der Waals surface area contributed by atoms with Crippen molar-refractivity contribution in [1.82, 2.24) is 9.97 Å². The van der Waals surface area contributed by atoms with E-state index in [9.17, 15) is 13.2 Å². The van der Waals surface area contributed by atoms with Crippen LogP contribution in [0.5, 0.6) is 11.5 Å². The summed E-state index contributed by atoms with van der Waals surface area (Å²) in [5, 5.41) is 3.80. The van der Waals surface area contributed by atoms with Gasteiger partial charge in [-0.3, -0.25) is 0 Å². The number of nitrogens with zero attached hydrogens (tertiary/aromatic N) is 2. The largest absolute Gasteiger partial charge is 0.573 e. The van der Waals surface area contributed by atoms with E-state index in [-0.39, 0.29) is 5.75 Å². The van der Waals surface area contributed by atoms with Gasteiger partial charge in [-0.2, -0.15) is 0 Å². The molecule has 1 aromatic heterocycles. The molecule has 0 aliphatic carbocycles. The summed E-state index contributed by atoms with van der Waals surface area (Å²) in [6, 6.07) is 10.7. The zero-order valence-electron chi connectivity index (χ0n) is 12.5. The van der Waals surface area contributed by atoms with E-state index in [0.29, 0.717) is 22.8 Å². The molecule has 0 spiro atoms. The highest BCUT2D eigenvalue weighted by Crippen LogP contribution is 2.28. The Morgan fingerprint density at radius 2 is 1.67 bits per heavy atom. The Labute approximate surface area is 135 Å². The molecule has 0 fully saturated rings. The van der Waals surface area contributed by atoms with E-state index >= 15 is 0 Å². The third kappa shape index (κ3) is 3.65. The molecule has 0 radical (unpaired) electrons. The van der Waals surface area contributed by atoms with Gasteiger partial charge in [-0.15, -0.1) is 13.2 Å². The van der Waals surface area contributed by atoms with Crippen LogP contribution in [0.3, 0.4) is 0 Å². The van der Waals surface area contributed by atoms with Gasteiger partial charge in [0, 0.05) is 17.1 Å². The summed E-state index contributed by atoms with van der Waals surface area (Å²) in [5.74, 6) is 0.915. The van der Waals surface area contributed by atoms with Crippen LogP contribution in [0.1, 0.15) is 0 Å². The van der Waals surface area contributed by atoms with Crippen molar-refractivity contribution in [1.29, 1.82) is 0 Å². The molecule has 2 aromatic carbocycles. The van der Waals surface area contributed by atoms with Gasteiger partial charge in [-0.1, -0.05) is 0 Å². The average molecular weight is 335 g/mol. The van der Waals surface area contributed by atoms with Gasteiger partial charge in [0.1, 0.15) is 23.6 Å². The van der Waals surface area contributed by atoms with E-state index in [1.165, 1.54) is 30.6 Å². The zero-order valence-corrected chi connectivity index (χ0v) is 12.5. The summed E-state index contributed by atoms with van der Waals surface area (Å²) < 4.78 is 45.5. The first kappa shape index (κ1) is 15.9. The highest BCUT2D eigenvalue weighted by atomic mass is 19.4. The number of methoxy groups -OCH3 is 1. The van der Waals surface area contributed by atoms with Crippen molar-refractivity contribution in [3.63, 3.8) is 0 Å². The number of benzene rings is 2. The number of rotatable bonds is 4. The molecular formula is C16H12F3N3O2. The van der Waals surface area contributed by atoms with Gasteiger partial charge in [0.2, 0.25) is 0 Å². The van der Waals surface area contributed by atoms with Crippen molar-refractivity contribution in [3.05, 3.63) is 48.8 Å². The molecule has 5 nitrogen and oxygen atoms in total. The molecule has 0 aliphatic heterocycles. The number of anilines is 2. The molecular weight excluding hydrogens is 323 g/mol. The van der Waals surface area contributed by atoms with Crippen LogP contribution in [0, 0.1) is 0 Å². The van der Waals surface area contributed by atoms with Crippen molar-refractivity contribution in [2.75, 3.05) is 12.4 Å². The minimum Gasteiger partial charge on any atom is -0.497 e. The van der Waals surface area contributed by atoms with Gasteiger partial charge in [-0.25, -0.2) is 9.97 Å². The van der Waals surface area contributed by atoms with E-state index in [1.54, 1.807) is 25.3 Å². The van der Waals surface area contributed by atoms with Gasteiger partial charge in [-0.05, 0) is 36.4 Å². The monoisotopic (exact) mass is 335 g/mol. The van der Waals surface area contributed by atoms with Crippen LogP contribution in [0.25, 0.3) is 10.9 Å². The maximum Gasteiger partial charge on any atom is 0.573 e. The molecule has 0 saturated heterocycles. The molecule has 24 heavy (non-hydrogen) atoms. The fourth-order valence-corrected chi connectivity index (χ4v) is 2.14. The first-order chi connectivity index (χ1) is 11.4. The summed E-state index contributed by atoms with van der Waals surface area (Å²) in [7, 11) is 1.56. The standard InChI is InChI=1S/C16H12F3N3O2/c1-23-12-6-7-13-14(8-12)20-9-21-15(13)22-10-2-4-11(5-3-10)24-16(17,18)19/h2-9H,1H3,(H,20,21,22). The number of fused-ring (bicyclic) bond motifs is 1. The molecule has 1 heterocycles. The fraction of sp³-hybridized carbons (Fsp3) is 0.125. The summed E-state index contributed by atoms with van der Waals surface area (Å²) in [4.78, 5) is 8.34. The second-order valence-corrected chi connectivity index (χ2v) is 4.80. The molecule has 1 N–H and O–H groups in total. The van der Waals surface area contributed by atoms with Crippen LogP contribution < -0.4 is 14.8 Å². The van der Waals surface area contributed by atoms with Crippen molar-refractivity contribution in [3.8, 4) is 11.5 Å². The van der Waals surface area contributed by atoms with Crippen LogP contribution in [-0.4, -0.2) is 23.4 Å². The number of aromatic nitrogens is 2. The Balaban J connectivity index is 1.84. The first-order valence-electron chi connectivity index (χ1n) is 6.86. The van der Waals surface area contributed by atoms with Gasteiger partial charge in [0.05, 0.1) is 12.6 Å². The van der Waals surface area contributed by atoms with E-state index < -0.39 is 6.36 Å². The first-order valence-corrected chi connectivity index (χ1v) is 6.86. The van der Waals surface area contributed by atoms with Crippen LogP contribution in [0.15, 0.2) is 48.8 Å².